The number of ether oxygens (including phenoxy) is 2. The summed E-state index contributed by atoms with van der Waals surface area (Å²) in [4.78, 5) is 39.6. The van der Waals surface area contributed by atoms with Crippen molar-refractivity contribution in [2.75, 3.05) is 12.0 Å². The molecule has 3 aromatic rings. The van der Waals surface area contributed by atoms with Crippen LogP contribution in [0, 0.1) is 31.3 Å². The Bertz CT molecular complexity index is 1440. The van der Waals surface area contributed by atoms with E-state index in [9.17, 15) is 14.4 Å². The summed E-state index contributed by atoms with van der Waals surface area (Å²) in [7, 11) is 1.53. The van der Waals surface area contributed by atoms with Gasteiger partial charge in [0.25, 0.3) is 11.8 Å². The number of amides is 4. The molecule has 1 heterocycles. The zero-order chi connectivity index (χ0) is 26.9. The van der Waals surface area contributed by atoms with E-state index >= 15 is 0 Å². The fourth-order valence-corrected chi connectivity index (χ4v) is 5.06. The molecule has 4 rings (SSSR count). The molecule has 190 valence electrons. The lowest BCUT2D eigenvalue weighted by molar-refractivity contribution is -0.122. The van der Waals surface area contributed by atoms with Crippen LogP contribution in [0.4, 0.5) is 10.5 Å². The molecular formula is C29H27IN2O5. The van der Waals surface area contributed by atoms with Gasteiger partial charge in [0.05, 0.1) is 16.4 Å². The van der Waals surface area contributed by atoms with Gasteiger partial charge in [0, 0.05) is 0 Å². The lowest BCUT2D eigenvalue weighted by atomic mass is 10.0. The number of methoxy groups -OCH3 is 1. The molecule has 0 saturated carbocycles. The molecule has 8 heteroatoms. The average Bonchev–Trinajstić information content (AvgIpc) is 2.82. The Balaban J connectivity index is 1.66. The van der Waals surface area contributed by atoms with Crippen LogP contribution in [0.5, 0.6) is 11.5 Å². The van der Waals surface area contributed by atoms with Crippen LogP contribution in [-0.4, -0.2) is 25.0 Å². The van der Waals surface area contributed by atoms with Crippen LogP contribution in [-0.2, 0) is 16.2 Å². The molecule has 0 aromatic heterocycles. The topological polar surface area (TPSA) is 84.9 Å². The molecule has 0 spiro atoms. The molecule has 1 aliphatic rings. The fraction of sp³-hybridized carbons (Fsp3) is 0.207. The second kappa shape index (κ2) is 10.8. The summed E-state index contributed by atoms with van der Waals surface area (Å²) in [5, 5.41) is 2.28. The third-order valence-corrected chi connectivity index (χ3v) is 6.74. The van der Waals surface area contributed by atoms with Crippen molar-refractivity contribution in [3.05, 3.63) is 91.1 Å². The van der Waals surface area contributed by atoms with Crippen molar-refractivity contribution in [3.8, 4) is 11.5 Å². The summed E-state index contributed by atoms with van der Waals surface area (Å²) in [6.45, 7) is 8.12. The highest BCUT2D eigenvalue weighted by Crippen LogP contribution is 2.36. The number of halogens is 1. The van der Waals surface area contributed by atoms with Gasteiger partial charge in [-0.05, 0) is 96.8 Å². The first kappa shape index (κ1) is 26.4. The lowest BCUT2D eigenvalue weighted by Gasteiger charge is -2.28. The molecule has 0 bridgehead atoms. The minimum absolute atomic E-state index is 0.151. The number of imide groups is 2. The van der Waals surface area contributed by atoms with Crippen molar-refractivity contribution in [2.45, 2.75) is 34.3 Å². The van der Waals surface area contributed by atoms with Crippen molar-refractivity contribution < 1.29 is 23.9 Å². The first-order valence-electron chi connectivity index (χ1n) is 11.6. The number of urea groups is 1. The van der Waals surface area contributed by atoms with Crippen molar-refractivity contribution in [2.24, 2.45) is 0 Å². The summed E-state index contributed by atoms with van der Waals surface area (Å²) in [5.74, 6) is -0.405. The van der Waals surface area contributed by atoms with E-state index in [0.29, 0.717) is 29.4 Å². The molecular weight excluding hydrogens is 583 g/mol. The second-order valence-electron chi connectivity index (χ2n) is 9.07. The third-order valence-electron chi connectivity index (χ3n) is 5.93. The van der Waals surface area contributed by atoms with Crippen LogP contribution in [0.2, 0.25) is 0 Å². The summed E-state index contributed by atoms with van der Waals surface area (Å²) in [6.07, 6.45) is 1.46. The molecule has 1 saturated heterocycles. The Hall–Kier alpha value is -3.66. The molecule has 0 unspecified atom stereocenters. The maximum atomic E-state index is 13.4. The van der Waals surface area contributed by atoms with E-state index in [0.717, 1.165) is 36.3 Å². The third kappa shape index (κ3) is 5.69. The molecule has 1 fully saturated rings. The minimum Gasteiger partial charge on any atom is -0.493 e. The summed E-state index contributed by atoms with van der Waals surface area (Å²) < 4.78 is 12.4. The van der Waals surface area contributed by atoms with Crippen LogP contribution < -0.4 is 19.7 Å². The molecule has 3 aromatic carbocycles. The maximum Gasteiger partial charge on any atom is 0.335 e. The first-order chi connectivity index (χ1) is 17.6. The van der Waals surface area contributed by atoms with Crippen LogP contribution >= 0.6 is 22.6 Å². The molecule has 0 radical (unpaired) electrons. The van der Waals surface area contributed by atoms with Crippen molar-refractivity contribution in [1.29, 1.82) is 0 Å². The van der Waals surface area contributed by atoms with E-state index in [1.165, 1.54) is 13.2 Å². The van der Waals surface area contributed by atoms with Crippen LogP contribution in [0.1, 0.15) is 33.4 Å². The number of hydrogen-bond acceptors (Lipinski definition) is 5. The molecule has 37 heavy (non-hydrogen) atoms. The van der Waals surface area contributed by atoms with E-state index in [-0.39, 0.29) is 5.57 Å². The van der Waals surface area contributed by atoms with Gasteiger partial charge < -0.3 is 9.47 Å². The van der Waals surface area contributed by atoms with Crippen molar-refractivity contribution >= 4 is 52.2 Å². The van der Waals surface area contributed by atoms with E-state index in [2.05, 4.69) is 46.1 Å². The molecule has 4 amide bonds. The Labute approximate surface area is 229 Å². The monoisotopic (exact) mass is 610 g/mol. The molecule has 1 aliphatic heterocycles. The zero-order valence-electron chi connectivity index (χ0n) is 21.3. The smallest absolute Gasteiger partial charge is 0.335 e. The van der Waals surface area contributed by atoms with Gasteiger partial charge in [-0.25, -0.2) is 9.69 Å². The van der Waals surface area contributed by atoms with Gasteiger partial charge in [-0.15, -0.1) is 0 Å². The molecule has 7 nitrogen and oxygen atoms in total. The number of anilines is 1. The Kier molecular flexibility index (Phi) is 7.68. The second-order valence-corrected chi connectivity index (χ2v) is 10.2. The number of nitrogens with one attached hydrogen (secondary N) is 1. The number of carbonyl (C=O) groups excluding carboxylic acids is 3. The number of aryl methyl sites for hydroxylation is 4. The van der Waals surface area contributed by atoms with Gasteiger partial charge in [-0.3, -0.25) is 14.9 Å². The number of rotatable bonds is 6. The standard InChI is InChI=1S/C29H27IN2O5/c1-16-6-7-19(4)24(11-16)32-28(34)22(27(33)31-29(32)35)12-20-13-23(30)26(25(14-20)36-5)37-15-21-9-17(2)8-18(3)10-21/h6-14H,15H2,1-5H3,(H,31,33,35)/b22-12+. The summed E-state index contributed by atoms with van der Waals surface area (Å²) in [5.41, 5.74) is 5.84. The largest absolute Gasteiger partial charge is 0.493 e. The Morgan fingerprint density at radius 1 is 0.919 bits per heavy atom. The van der Waals surface area contributed by atoms with E-state index in [4.69, 9.17) is 9.47 Å². The van der Waals surface area contributed by atoms with Gasteiger partial charge in [0.1, 0.15) is 12.2 Å². The number of benzene rings is 3. The van der Waals surface area contributed by atoms with Crippen LogP contribution in [0.25, 0.3) is 6.08 Å². The highest BCUT2D eigenvalue weighted by Gasteiger charge is 2.37. The van der Waals surface area contributed by atoms with E-state index in [1.54, 1.807) is 25.1 Å². The summed E-state index contributed by atoms with van der Waals surface area (Å²) >= 11 is 2.14. The zero-order valence-corrected chi connectivity index (χ0v) is 23.4. The fourth-order valence-electron chi connectivity index (χ4n) is 4.27. The number of nitrogens with zero attached hydrogens (tertiary/aromatic N) is 1. The SMILES string of the molecule is COc1cc(/C=C2\C(=O)NC(=O)N(c3cc(C)ccc3C)C2=O)cc(I)c1OCc1cc(C)cc(C)c1. The van der Waals surface area contributed by atoms with E-state index in [1.807, 2.05) is 32.9 Å². The van der Waals surface area contributed by atoms with Crippen molar-refractivity contribution in [1.82, 2.24) is 5.32 Å². The van der Waals surface area contributed by atoms with Crippen LogP contribution in [0.3, 0.4) is 0 Å². The minimum atomic E-state index is -0.775. The highest BCUT2D eigenvalue weighted by atomic mass is 127. The number of hydrogen-bond donors (Lipinski definition) is 1. The molecule has 0 atom stereocenters. The van der Waals surface area contributed by atoms with Crippen LogP contribution in [0.15, 0.2) is 54.1 Å². The molecule has 0 aliphatic carbocycles. The molecule has 1 N–H and O–H groups in total. The van der Waals surface area contributed by atoms with Gasteiger partial charge in [0.2, 0.25) is 0 Å². The predicted octanol–water partition coefficient (Wildman–Crippen LogP) is 5.78. The van der Waals surface area contributed by atoms with Gasteiger partial charge >= 0.3 is 6.03 Å². The van der Waals surface area contributed by atoms with Gasteiger partial charge in [0.15, 0.2) is 11.5 Å². The highest BCUT2D eigenvalue weighted by molar-refractivity contribution is 14.1. The predicted molar refractivity (Wildman–Crippen MR) is 151 cm³/mol. The number of barbiturate groups is 1. The van der Waals surface area contributed by atoms with Crippen molar-refractivity contribution in [3.63, 3.8) is 0 Å². The number of carbonyl (C=O) groups is 3. The maximum absolute atomic E-state index is 13.4. The Morgan fingerprint density at radius 2 is 1.62 bits per heavy atom. The van der Waals surface area contributed by atoms with Gasteiger partial charge in [-0.1, -0.05) is 41.5 Å². The quantitative estimate of drug-likeness (QED) is 0.218. The first-order valence-corrected chi connectivity index (χ1v) is 12.7. The summed E-state index contributed by atoms with van der Waals surface area (Å²) in [6, 6.07) is 14.4. The average molecular weight is 610 g/mol. The normalized spacial score (nSPS) is 14.7. The lowest BCUT2D eigenvalue weighted by Crippen LogP contribution is -2.54. The van der Waals surface area contributed by atoms with Gasteiger partial charge in [-0.2, -0.15) is 0 Å². The van der Waals surface area contributed by atoms with E-state index < -0.39 is 17.8 Å². The Morgan fingerprint density at radius 3 is 2.30 bits per heavy atom.